The van der Waals surface area contributed by atoms with Gasteiger partial charge in [-0.25, -0.2) is 0 Å². The van der Waals surface area contributed by atoms with Crippen LogP contribution >= 0.6 is 27.7 Å². The zero-order chi connectivity index (χ0) is 16.9. The molecule has 24 heavy (non-hydrogen) atoms. The van der Waals surface area contributed by atoms with Gasteiger partial charge in [-0.15, -0.1) is 10.2 Å². The Bertz CT molecular complexity index is 834. The van der Waals surface area contributed by atoms with Crippen LogP contribution in [-0.4, -0.2) is 26.4 Å². The molecule has 1 amide bonds. The molecule has 7 heteroatoms. The van der Waals surface area contributed by atoms with E-state index >= 15 is 0 Å². The number of carbonyl (C=O) groups excluding carboxylic acids is 1. The highest BCUT2D eigenvalue weighted by molar-refractivity contribution is 9.10. The van der Waals surface area contributed by atoms with Crippen LogP contribution in [0.4, 0.5) is 5.69 Å². The second-order valence-electron chi connectivity index (χ2n) is 5.07. The Hall–Kier alpha value is -2.12. The number of carbonyl (C=O) groups is 1. The maximum atomic E-state index is 12.1. The second kappa shape index (κ2) is 7.63. The van der Waals surface area contributed by atoms with Crippen LogP contribution in [-0.2, 0) is 11.8 Å². The van der Waals surface area contributed by atoms with E-state index in [1.807, 2.05) is 66.2 Å². The van der Waals surface area contributed by atoms with Crippen molar-refractivity contribution in [3.63, 3.8) is 0 Å². The second-order valence-corrected chi connectivity index (χ2v) is 6.93. The molecule has 0 aliphatic carbocycles. The lowest BCUT2D eigenvalue weighted by Gasteiger charge is -2.06. The topological polar surface area (TPSA) is 59.8 Å². The van der Waals surface area contributed by atoms with Crippen LogP contribution in [0, 0.1) is 0 Å². The van der Waals surface area contributed by atoms with E-state index in [4.69, 9.17) is 0 Å². The predicted molar refractivity (Wildman–Crippen MR) is 99.9 cm³/mol. The molecule has 0 fully saturated rings. The first-order chi connectivity index (χ1) is 11.6. The summed E-state index contributed by atoms with van der Waals surface area (Å²) in [6.45, 7) is 0. The Morgan fingerprint density at radius 2 is 1.83 bits per heavy atom. The molecule has 1 heterocycles. The SMILES string of the molecule is Cn1c(SCC(=O)Nc2ccc(Br)cc2)nnc1-c1ccccc1. The number of hydrogen-bond donors (Lipinski definition) is 1. The maximum absolute atomic E-state index is 12.1. The van der Waals surface area contributed by atoms with Gasteiger partial charge in [0.15, 0.2) is 11.0 Å². The molecule has 0 spiro atoms. The highest BCUT2D eigenvalue weighted by Gasteiger charge is 2.12. The van der Waals surface area contributed by atoms with E-state index in [9.17, 15) is 4.79 Å². The van der Waals surface area contributed by atoms with Crippen LogP contribution in [0.2, 0.25) is 0 Å². The van der Waals surface area contributed by atoms with Crippen LogP contribution in [0.25, 0.3) is 11.4 Å². The fourth-order valence-corrected chi connectivity index (χ4v) is 3.11. The number of benzene rings is 2. The summed E-state index contributed by atoms with van der Waals surface area (Å²) in [6.07, 6.45) is 0. The van der Waals surface area contributed by atoms with Crippen LogP contribution in [0.5, 0.6) is 0 Å². The summed E-state index contributed by atoms with van der Waals surface area (Å²) < 4.78 is 2.87. The molecule has 0 aliphatic rings. The van der Waals surface area contributed by atoms with Crippen LogP contribution in [0.1, 0.15) is 0 Å². The van der Waals surface area contributed by atoms with E-state index in [1.165, 1.54) is 11.8 Å². The molecule has 2 aromatic carbocycles. The fourth-order valence-electron chi connectivity index (χ4n) is 2.14. The number of anilines is 1. The van der Waals surface area contributed by atoms with Gasteiger partial charge < -0.3 is 9.88 Å². The molecular weight excluding hydrogens is 388 g/mol. The number of hydrogen-bond acceptors (Lipinski definition) is 4. The number of amides is 1. The van der Waals surface area contributed by atoms with E-state index < -0.39 is 0 Å². The van der Waals surface area contributed by atoms with Crippen LogP contribution in [0.3, 0.4) is 0 Å². The zero-order valence-electron chi connectivity index (χ0n) is 12.9. The average molecular weight is 403 g/mol. The van der Waals surface area contributed by atoms with Crippen molar-refractivity contribution >= 4 is 39.3 Å². The summed E-state index contributed by atoms with van der Waals surface area (Å²) in [7, 11) is 1.90. The lowest BCUT2D eigenvalue weighted by atomic mass is 10.2. The van der Waals surface area contributed by atoms with Crippen LogP contribution < -0.4 is 5.32 Å². The Morgan fingerprint density at radius 3 is 2.54 bits per heavy atom. The standard InChI is InChI=1S/C17H15BrN4OS/c1-22-16(12-5-3-2-4-6-12)20-21-17(22)24-11-15(23)19-14-9-7-13(18)8-10-14/h2-10H,11H2,1H3,(H,19,23). The van der Waals surface area contributed by atoms with Crippen molar-refractivity contribution in [3.8, 4) is 11.4 Å². The van der Waals surface area contributed by atoms with Crippen molar-refractivity contribution in [2.24, 2.45) is 7.05 Å². The fraction of sp³-hybridized carbons (Fsp3) is 0.118. The quantitative estimate of drug-likeness (QED) is 0.655. The molecule has 1 aromatic heterocycles. The summed E-state index contributed by atoms with van der Waals surface area (Å²) in [5.41, 5.74) is 1.77. The molecule has 0 saturated carbocycles. The minimum absolute atomic E-state index is 0.0772. The van der Waals surface area contributed by atoms with Gasteiger partial charge in [-0.1, -0.05) is 58.0 Å². The van der Waals surface area contributed by atoms with Gasteiger partial charge in [-0.05, 0) is 24.3 Å². The van der Waals surface area contributed by atoms with Gasteiger partial charge in [0.25, 0.3) is 0 Å². The van der Waals surface area contributed by atoms with E-state index in [-0.39, 0.29) is 11.7 Å². The highest BCUT2D eigenvalue weighted by atomic mass is 79.9. The molecule has 3 rings (SSSR count). The monoisotopic (exact) mass is 402 g/mol. The van der Waals surface area contributed by atoms with E-state index in [0.29, 0.717) is 5.16 Å². The van der Waals surface area contributed by atoms with Crippen molar-refractivity contribution in [3.05, 3.63) is 59.1 Å². The third-order valence-electron chi connectivity index (χ3n) is 3.33. The Kier molecular flexibility index (Phi) is 5.32. The first kappa shape index (κ1) is 16.7. The molecule has 0 radical (unpaired) electrons. The van der Waals surface area contributed by atoms with Gasteiger partial charge >= 0.3 is 0 Å². The minimum atomic E-state index is -0.0772. The van der Waals surface area contributed by atoms with E-state index in [2.05, 4.69) is 31.4 Å². The van der Waals surface area contributed by atoms with E-state index in [1.54, 1.807) is 0 Å². The lowest BCUT2D eigenvalue weighted by Crippen LogP contribution is -2.14. The summed E-state index contributed by atoms with van der Waals surface area (Å²) in [4.78, 5) is 12.1. The van der Waals surface area contributed by atoms with Crippen LogP contribution in [0.15, 0.2) is 64.2 Å². The Morgan fingerprint density at radius 1 is 1.12 bits per heavy atom. The van der Waals surface area contributed by atoms with Crippen molar-refractivity contribution in [2.75, 3.05) is 11.1 Å². The highest BCUT2D eigenvalue weighted by Crippen LogP contribution is 2.22. The van der Waals surface area contributed by atoms with Gasteiger partial charge in [0.1, 0.15) is 0 Å². The Labute approximate surface area is 152 Å². The first-order valence-corrected chi connectivity index (χ1v) is 9.04. The maximum Gasteiger partial charge on any atom is 0.234 e. The van der Waals surface area contributed by atoms with Crippen molar-refractivity contribution in [1.29, 1.82) is 0 Å². The number of rotatable bonds is 5. The molecule has 1 N–H and O–H groups in total. The molecule has 0 bridgehead atoms. The summed E-state index contributed by atoms with van der Waals surface area (Å²) in [6, 6.07) is 17.3. The van der Waals surface area contributed by atoms with Crippen molar-refractivity contribution < 1.29 is 4.79 Å². The number of nitrogens with zero attached hydrogens (tertiary/aromatic N) is 3. The first-order valence-electron chi connectivity index (χ1n) is 7.26. The van der Waals surface area contributed by atoms with Gasteiger partial charge in [-0.2, -0.15) is 0 Å². The van der Waals surface area contributed by atoms with Gasteiger partial charge in [-0.3, -0.25) is 4.79 Å². The zero-order valence-corrected chi connectivity index (χ0v) is 15.3. The smallest absolute Gasteiger partial charge is 0.234 e. The summed E-state index contributed by atoms with van der Waals surface area (Å²) in [5, 5.41) is 12.0. The molecule has 0 unspecified atom stereocenters. The molecule has 0 saturated heterocycles. The molecular formula is C17H15BrN4OS. The number of thioether (sulfide) groups is 1. The van der Waals surface area contributed by atoms with Gasteiger partial charge in [0.2, 0.25) is 5.91 Å². The average Bonchev–Trinajstić information content (AvgIpc) is 2.97. The van der Waals surface area contributed by atoms with Gasteiger partial charge in [0, 0.05) is 22.8 Å². The summed E-state index contributed by atoms with van der Waals surface area (Å²) in [5.74, 6) is 0.981. The molecule has 0 aliphatic heterocycles. The van der Waals surface area contributed by atoms with Gasteiger partial charge in [0.05, 0.1) is 5.75 Å². The molecule has 122 valence electrons. The van der Waals surface area contributed by atoms with Crippen molar-refractivity contribution in [2.45, 2.75) is 5.16 Å². The lowest BCUT2D eigenvalue weighted by molar-refractivity contribution is -0.113. The Balaban J connectivity index is 1.62. The number of nitrogens with one attached hydrogen (secondary N) is 1. The third-order valence-corrected chi connectivity index (χ3v) is 4.88. The number of aromatic nitrogens is 3. The van der Waals surface area contributed by atoms with Crippen molar-refractivity contribution in [1.82, 2.24) is 14.8 Å². The molecule has 0 atom stereocenters. The normalized spacial score (nSPS) is 10.6. The number of halogens is 1. The summed E-state index contributed by atoms with van der Waals surface area (Å²) >= 11 is 4.73. The molecule has 3 aromatic rings. The third kappa shape index (κ3) is 4.04. The minimum Gasteiger partial charge on any atom is -0.325 e. The largest absolute Gasteiger partial charge is 0.325 e. The predicted octanol–water partition coefficient (Wildman–Crippen LogP) is 3.98. The van der Waals surface area contributed by atoms with E-state index in [0.717, 1.165) is 21.5 Å². The molecule has 5 nitrogen and oxygen atoms in total.